The van der Waals surface area contributed by atoms with Gasteiger partial charge in [-0.05, 0) is 62.0 Å². The summed E-state index contributed by atoms with van der Waals surface area (Å²) in [5, 5.41) is 6.22. The molecule has 2 heterocycles. The van der Waals surface area contributed by atoms with Crippen LogP contribution in [0.4, 0.5) is 5.69 Å². The van der Waals surface area contributed by atoms with Crippen molar-refractivity contribution in [3.8, 4) is 11.6 Å². The van der Waals surface area contributed by atoms with Crippen LogP contribution in [0, 0.1) is 5.92 Å². The first kappa shape index (κ1) is 17.4. The van der Waals surface area contributed by atoms with Gasteiger partial charge < -0.3 is 15.4 Å². The summed E-state index contributed by atoms with van der Waals surface area (Å²) in [7, 11) is 0. The van der Waals surface area contributed by atoms with Crippen molar-refractivity contribution in [1.82, 2.24) is 10.3 Å². The number of aromatic nitrogens is 1. The van der Waals surface area contributed by atoms with E-state index >= 15 is 0 Å². The highest BCUT2D eigenvalue weighted by Crippen LogP contribution is 2.22. The molecule has 3 rings (SSSR count). The minimum Gasteiger partial charge on any atom is -0.439 e. The van der Waals surface area contributed by atoms with Crippen LogP contribution in [0.3, 0.4) is 0 Å². The van der Waals surface area contributed by atoms with E-state index in [9.17, 15) is 4.79 Å². The third kappa shape index (κ3) is 5.29. The van der Waals surface area contributed by atoms with E-state index in [0.717, 1.165) is 31.7 Å². The summed E-state index contributed by atoms with van der Waals surface area (Å²) in [5.41, 5.74) is 1.92. The summed E-state index contributed by atoms with van der Waals surface area (Å²) in [4.78, 5) is 16.3. The van der Waals surface area contributed by atoms with Gasteiger partial charge in [0.2, 0.25) is 11.8 Å². The lowest BCUT2D eigenvalue weighted by Gasteiger charge is -2.09. The standard InChI is InChI=1S/C20H25N3O2/c1-2-15-4-3-5-18(12-15)25-20-9-7-17(14-22-20)23-19(24)8-6-16-10-11-21-13-16/h3-5,7,9,12,14,16,21H,2,6,8,10-11,13H2,1H3,(H,23,24). The number of pyridine rings is 1. The van der Waals surface area contributed by atoms with Crippen molar-refractivity contribution in [2.75, 3.05) is 18.4 Å². The van der Waals surface area contributed by atoms with Crippen molar-refractivity contribution in [1.29, 1.82) is 0 Å². The highest BCUT2D eigenvalue weighted by molar-refractivity contribution is 5.90. The molecule has 0 saturated carbocycles. The van der Waals surface area contributed by atoms with Gasteiger partial charge in [-0.2, -0.15) is 0 Å². The van der Waals surface area contributed by atoms with Gasteiger partial charge in [0.25, 0.3) is 0 Å². The van der Waals surface area contributed by atoms with Crippen molar-refractivity contribution < 1.29 is 9.53 Å². The van der Waals surface area contributed by atoms with Crippen LogP contribution in [-0.2, 0) is 11.2 Å². The molecule has 0 spiro atoms. The molecule has 132 valence electrons. The number of anilines is 1. The Labute approximate surface area is 148 Å². The molecule has 25 heavy (non-hydrogen) atoms. The Morgan fingerprint density at radius 2 is 2.28 bits per heavy atom. The first-order valence-electron chi connectivity index (χ1n) is 8.96. The molecule has 0 bridgehead atoms. The third-order valence-electron chi connectivity index (χ3n) is 4.49. The number of amides is 1. The van der Waals surface area contributed by atoms with Crippen molar-refractivity contribution >= 4 is 11.6 Å². The van der Waals surface area contributed by atoms with Crippen molar-refractivity contribution in [3.05, 3.63) is 48.2 Å². The Balaban J connectivity index is 1.50. The molecule has 1 aromatic carbocycles. The Morgan fingerprint density at radius 1 is 1.36 bits per heavy atom. The molecule has 2 aromatic rings. The van der Waals surface area contributed by atoms with Gasteiger partial charge in [-0.3, -0.25) is 4.79 Å². The zero-order valence-electron chi connectivity index (χ0n) is 14.6. The number of benzene rings is 1. The van der Waals surface area contributed by atoms with Crippen molar-refractivity contribution in [2.45, 2.75) is 32.6 Å². The predicted octanol–water partition coefficient (Wildman–Crippen LogP) is 3.76. The Morgan fingerprint density at radius 3 is 3.00 bits per heavy atom. The molecule has 1 saturated heterocycles. The molecule has 1 aromatic heterocycles. The third-order valence-corrected chi connectivity index (χ3v) is 4.49. The number of carbonyl (C=O) groups is 1. The van der Waals surface area contributed by atoms with E-state index in [-0.39, 0.29) is 5.91 Å². The molecular weight excluding hydrogens is 314 g/mol. The lowest BCUT2D eigenvalue weighted by atomic mass is 10.0. The van der Waals surface area contributed by atoms with Crippen molar-refractivity contribution in [3.63, 3.8) is 0 Å². The van der Waals surface area contributed by atoms with E-state index < -0.39 is 0 Å². The highest BCUT2D eigenvalue weighted by Gasteiger charge is 2.15. The highest BCUT2D eigenvalue weighted by atomic mass is 16.5. The molecular formula is C20H25N3O2. The molecule has 5 heteroatoms. The fourth-order valence-corrected chi connectivity index (χ4v) is 2.98. The van der Waals surface area contributed by atoms with Gasteiger partial charge in [-0.25, -0.2) is 4.98 Å². The molecule has 1 atom stereocenters. The first-order chi connectivity index (χ1) is 12.2. The minimum absolute atomic E-state index is 0.0398. The van der Waals surface area contributed by atoms with Crippen molar-refractivity contribution in [2.24, 2.45) is 5.92 Å². The van der Waals surface area contributed by atoms with Gasteiger partial charge in [-0.1, -0.05) is 19.1 Å². The zero-order valence-corrected chi connectivity index (χ0v) is 14.6. The normalized spacial score (nSPS) is 16.6. The molecule has 0 aliphatic carbocycles. The summed E-state index contributed by atoms with van der Waals surface area (Å²) in [6.07, 6.45) is 5.25. The van der Waals surface area contributed by atoms with Gasteiger partial charge in [0.05, 0.1) is 11.9 Å². The van der Waals surface area contributed by atoms with E-state index in [1.807, 2.05) is 24.3 Å². The summed E-state index contributed by atoms with van der Waals surface area (Å²) in [6, 6.07) is 11.6. The fraction of sp³-hybridized carbons (Fsp3) is 0.400. The quantitative estimate of drug-likeness (QED) is 0.806. The SMILES string of the molecule is CCc1cccc(Oc2ccc(NC(=O)CCC3CCNC3)cn2)c1. The maximum absolute atomic E-state index is 12.0. The number of hydrogen-bond acceptors (Lipinski definition) is 4. The Kier molecular flexibility index (Phi) is 6.01. The molecule has 2 N–H and O–H groups in total. The van der Waals surface area contributed by atoms with Crippen LogP contribution in [0.1, 0.15) is 31.7 Å². The number of nitrogens with one attached hydrogen (secondary N) is 2. The summed E-state index contributed by atoms with van der Waals surface area (Å²) in [5.74, 6) is 1.95. The second kappa shape index (κ2) is 8.62. The molecule has 1 aliphatic heterocycles. The lowest BCUT2D eigenvalue weighted by molar-refractivity contribution is -0.116. The average Bonchev–Trinajstić information content (AvgIpc) is 3.15. The van der Waals surface area contributed by atoms with Crippen LogP contribution >= 0.6 is 0 Å². The molecule has 5 nitrogen and oxygen atoms in total. The molecule has 1 unspecified atom stereocenters. The Bertz CT molecular complexity index is 694. The molecule has 0 radical (unpaired) electrons. The number of aryl methyl sites for hydroxylation is 1. The zero-order chi connectivity index (χ0) is 17.5. The van der Waals surface area contributed by atoms with E-state index in [0.29, 0.717) is 23.9 Å². The van der Waals surface area contributed by atoms with Crippen LogP contribution in [0.5, 0.6) is 11.6 Å². The molecule has 1 amide bonds. The van der Waals surface area contributed by atoms with E-state index in [2.05, 4.69) is 28.6 Å². The second-order valence-corrected chi connectivity index (χ2v) is 6.43. The lowest BCUT2D eigenvalue weighted by Crippen LogP contribution is -2.15. The second-order valence-electron chi connectivity index (χ2n) is 6.43. The van der Waals surface area contributed by atoms with E-state index in [4.69, 9.17) is 4.74 Å². The summed E-state index contributed by atoms with van der Waals surface area (Å²) in [6.45, 7) is 4.21. The van der Waals surface area contributed by atoms with Crippen LogP contribution in [0.25, 0.3) is 0 Å². The number of hydrogen-bond donors (Lipinski definition) is 2. The number of ether oxygens (including phenoxy) is 1. The van der Waals surface area contributed by atoms with Gasteiger partial charge in [-0.15, -0.1) is 0 Å². The van der Waals surface area contributed by atoms with E-state index in [1.165, 1.54) is 12.0 Å². The monoisotopic (exact) mass is 339 g/mol. The smallest absolute Gasteiger partial charge is 0.224 e. The number of nitrogens with zero attached hydrogens (tertiary/aromatic N) is 1. The molecule has 1 aliphatic rings. The topological polar surface area (TPSA) is 63.2 Å². The van der Waals surface area contributed by atoms with Crippen LogP contribution in [0.2, 0.25) is 0 Å². The summed E-state index contributed by atoms with van der Waals surface area (Å²) >= 11 is 0. The van der Waals surface area contributed by atoms with Gasteiger partial charge >= 0.3 is 0 Å². The molecule has 1 fully saturated rings. The van der Waals surface area contributed by atoms with Gasteiger partial charge in [0.1, 0.15) is 5.75 Å². The number of carbonyl (C=O) groups excluding carboxylic acids is 1. The van der Waals surface area contributed by atoms with Gasteiger partial charge in [0, 0.05) is 12.5 Å². The predicted molar refractivity (Wildman–Crippen MR) is 99.0 cm³/mol. The maximum Gasteiger partial charge on any atom is 0.224 e. The van der Waals surface area contributed by atoms with Crippen LogP contribution < -0.4 is 15.4 Å². The Hall–Kier alpha value is -2.40. The largest absolute Gasteiger partial charge is 0.439 e. The summed E-state index contributed by atoms with van der Waals surface area (Å²) < 4.78 is 5.77. The van der Waals surface area contributed by atoms with E-state index in [1.54, 1.807) is 12.3 Å². The van der Waals surface area contributed by atoms with Crippen LogP contribution in [0.15, 0.2) is 42.6 Å². The number of rotatable bonds is 7. The van der Waals surface area contributed by atoms with Gasteiger partial charge in [0.15, 0.2) is 0 Å². The van der Waals surface area contributed by atoms with Crippen LogP contribution in [-0.4, -0.2) is 24.0 Å². The minimum atomic E-state index is 0.0398. The maximum atomic E-state index is 12.0. The fourth-order valence-electron chi connectivity index (χ4n) is 2.98. The average molecular weight is 339 g/mol. The first-order valence-corrected chi connectivity index (χ1v) is 8.96.